The third-order valence-corrected chi connectivity index (χ3v) is 5.19. The van der Waals surface area contributed by atoms with E-state index >= 15 is 0 Å². The molecular formula is C17H17N5O4S2. The highest BCUT2D eigenvalue weighted by molar-refractivity contribution is 7.92. The fourth-order valence-electron chi connectivity index (χ4n) is 2.33. The number of aromatic nitrogens is 2. The summed E-state index contributed by atoms with van der Waals surface area (Å²) in [4.78, 5) is 32.2. The summed E-state index contributed by atoms with van der Waals surface area (Å²) < 4.78 is 25.6. The van der Waals surface area contributed by atoms with E-state index in [1.165, 1.54) is 12.4 Å². The van der Waals surface area contributed by atoms with Crippen LogP contribution in [0, 0.1) is 0 Å². The van der Waals surface area contributed by atoms with Crippen molar-refractivity contribution in [1.82, 2.24) is 20.6 Å². The van der Waals surface area contributed by atoms with Crippen LogP contribution in [0.2, 0.25) is 0 Å². The molecule has 28 heavy (non-hydrogen) atoms. The van der Waals surface area contributed by atoms with Crippen LogP contribution in [0.15, 0.2) is 42.7 Å². The molecule has 0 saturated carbocycles. The average molecular weight is 419 g/mol. The van der Waals surface area contributed by atoms with E-state index in [0.717, 1.165) is 17.6 Å². The molecule has 9 nitrogen and oxygen atoms in total. The first kappa shape index (κ1) is 19.7. The summed E-state index contributed by atoms with van der Waals surface area (Å²) in [6.45, 7) is 0.537. The highest BCUT2D eigenvalue weighted by Gasteiger charge is 2.12. The first-order valence-electron chi connectivity index (χ1n) is 8.16. The number of thiazole rings is 1. The Bertz CT molecular complexity index is 1110. The van der Waals surface area contributed by atoms with Crippen LogP contribution in [0.25, 0.3) is 10.2 Å². The summed E-state index contributed by atoms with van der Waals surface area (Å²) in [5.41, 5.74) is 1.51. The van der Waals surface area contributed by atoms with E-state index < -0.39 is 10.0 Å². The third-order valence-electron chi connectivity index (χ3n) is 3.56. The molecule has 0 radical (unpaired) electrons. The molecular weight excluding hydrogens is 402 g/mol. The number of benzene rings is 1. The highest BCUT2D eigenvalue weighted by Crippen LogP contribution is 2.27. The Hall–Kier alpha value is -3.05. The monoisotopic (exact) mass is 419 g/mol. The van der Waals surface area contributed by atoms with E-state index in [4.69, 9.17) is 0 Å². The lowest BCUT2D eigenvalue weighted by Crippen LogP contribution is -2.34. The molecule has 0 unspecified atom stereocenters. The lowest BCUT2D eigenvalue weighted by Gasteiger charge is -2.07. The van der Waals surface area contributed by atoms with Crippen LogP contribution in [-0.4, -0.2) is 49.5 Å². The van der Waals surface area contributed by atoms with E-state index in [1.54, 1.807) is 30.3 Å². The maximum Gasteiger partial charge on any atom is 0.251 e. The van der Waals surface area contributed by atoms with Crippen LogP contribution in [0.4, 0.5) is 5.13 Å². The second-order valence-electron chi connectivity index (χ2n) is 5.82. The van der Waals surface area contributed by atoms with Crippen molar-refractivity contribution < 1.29 is 18.0 Å². The Morgan fingerprint density at radius 3 is 2.29 bits per heavy atom. The van der Waals surface area contributed by atoms with Crippen LogP contribution in [-0.2, 0) is 10.0 Å². The predicted octanol–water partition coefficient (Wildman–Crippen LogP) is 1.22. The van der Waals surface area contributed by atoms with Gasteiger partial charge in [0.15, 0.2) is 5.13 Å². The van der Waals surface area contributed by atoms with Crippen molar-refractivity contribution >= 4 is 48.5 Å². The minimum Gasteiger partial charge on any atom is -0.350 e. The fraction of sp³-hybridized carbons (Fsp3) is 0.176. The van der Waals surface area contributed by atoms with Gasteiger partial charge in [-0.25, -0.2) is 13.4 Å². The zero-order chi connectivity index (χ0) is 20.1. The van der Waals surface area contributed by atoms with E-state index in [9.17, 15) is 18.0 Å². The zero-order valence-corrected chi connectivity index (χ0v) is 16.4. The van der Waals surface area contributed by atoms with Gasteiger partial charge in [-0.05, 0) is 30.3 Å². The molecule has 0 fully saturated rings. The summed E-state index contributed by atoms with van der Waals surface area (Å²) in [5.74, 6) is -0.542. The van der Waals surface area contributed by atoms with Crippen LogP contribution < -0.4 is 15.4 Å². The maximum absolute atomic E-state index is 12.3. The molecule has 0 bridgehead atoms. The van der Waals surface area contributed by atoms with Crippen LogP contribution in [0.3, 0.4) is 0 Å². The largest absolute Gasteiger partial charge is 0.350 e. The Balaban J connectivity index is 1.55. The van der Waals surface area contributed by atoms with Crippen molar-refractivity contribution in [1.29, 1.82) is 0 Å². The number of pyridine rings is 1. The Morgan fingerprint density at radius 2 is 1.64 bits per heavy atom. The number of hydrogen-bond donors (Lipinski definition) is 3. The molecule has 0 atom stereocenters. The molecule has 0 saturated heterocycles. The SMILES string of the molecule is CS(=O)(=O)Nc1nc2ccc(C(=O)NCCNC(=O)c3ccncc3)cc2s1. The molecule has 2 aromatic heterocycles. The molecule has 146 valence electrons. The van der Waals surface area contributed by atoms with Crippen molar-refractivity contribution in [2.24, 2.45) is 0 Å². The standard InChI is InChI=1S/C17H17N5O4S2/c1-28(25,26)22-17-21-13-3-2-12(10-14(13)27-17)16(24)20-9-8-19-15(23)11-4-6-18-7-5-11/h2-7,10H,8-9H2,1H3,(H,19,23)(H,20,24)(H,21,22). The molecule has 3 aromatic rings. The summed E-state index contributed by atoms with van der Waals surface area (Å²) in [6, 6.07) is 8.11. The average Bonchev–Trinajstić information content (AvgIpc) is 3.04. The van der Waals surface area contributed by atoms with E-state index in [-0.39, 0.29) is 30.0 Å². The van der Waals surface area contributed by atoms with Crippen molar-refractivity contribution in [3.05, 3.63) is 53.9 Å². The second kappa shape index (κ2) is 8.31. The molecule has 0 aliphatic carbocycles. The van der Waals surface area contributed by atoms with Crippen LogP contribution in [0.5, 0.6) is 0 Å². The maximum atomic E-state index is 12.3. The van der Waals surface area contributed by atoms with Gasteiger partial charge in [-0.1, -0.05) is 11.3 Å². The Kier molecular flexibility index (Phi) is 5.85. The topological polar surface area (TPSA) is 130 Å². The number of hydrogen-bond acceptors (Lipinski definition) is 7. The Labute approximate surface area is 165 Å². The third kappa shape index (κ3) is 5.24. The predicted molar refractivity (Wildman–Crippen MR) is 107 cm³/mol. The number of anilines is 1. The minimum absolute atomic E-state index is 0.242. The van der Waals surface area contributed by atoms with Gasteiger partial charge in [0.2, 0.25) is 10.0 Å². The molecule has 2 heterocycles. The Morgan fingerprint density at radius 1 is 1.00 bits per heavy atom. The van der Waals surface area contributed by atoms with Crippen LogP contribution >= 0.6 is 11.3 Å². The summed E-state index contributed by atoms with van der Waals surface area (Å²) in [5, 5.41) is 5.67. The van der Waals surface area contributed by atoms with Gasteiger partial charge in [0.25, 0.3) is 11.8 Å². The zero-order valence-electron chi connectivity index (χ0n) is 14.8. The van der Waals surface area contributed by atoms with Gasteiger partial charge in [0.05, 0.1) is 16.5 Å². The first-order chi connectivity index (χ1) is 13.3. The van der Waals surface area contributed by atoms with Gasteiger partial charge in [0, 0.05) is 36.6 Å². The number of nitrogens with one attached hydrogen (secondary N) is 3. The molecule has 0 spiro atoms. The molecule has 0 aliphatic rings. The second-order valence-corrected chi connectivity index (χ2v) is 8.60. The number of rotatable bonds is 7. The number of carbonyl (C=O) groups excluding carboxylic acids is 2. The number of sulfonamides is 1. The normalized spacial score (nSPS) is 11.2. The number of nitrogens with zero attached hydrogens (tertiary/aromatic N) is 2. The fourth-order valence-corrected chi connectivity index (χ4v) is 4.07. The van der Waals surface area contributed by atoms with E-state index in [1.807, 2.05) is 0 Å². The number of amides is 2. The van der Waals surface area contributed by atoms with Crippen molar-refractivity contribution in [2.75, 3.05) is 24.1 Å². The van der Waals surface area contributed by atoms with E-state index in [0.29, 0.717) is 21.3 Å². The van der Waals surface area contributed by atoms with Gasteiger partial charge < -0.3 is 10.6 Å². The molecule has 3 rings (SSSR count). The smallest absolute Gasteiger partial charge is 0.251 e. The highest BCUT2D eigenvalue weighted by atomic mass is 32.2. The lowest BCUT2D eigenvalue weighted by atomic mass is 10.2. The van der Waals surface area contributed by atoms with Gasteiger partial charge in [-0.2, -0.15) is 0 Å². The summed E-state index contributed by atoms with van der Waals surface area (Å²) >= 11 is 1.14. The summed E-state index contributed by atoms with van der Waals surface area (Å²) in [6.07, 6.45) is 4.11. The van der Waals surface area contributed by atoms with E-state index in [2.05, 4.69) is 25.3 Å². The van der Waals surface area contributed by atoms with Crippen molar-refractivity contribution in [3.8, 4) is 0 Å². The number of carbonyl (C=O) groups is 2. The number of fused-ring (bicyclic) bond motifs is 1. The van der Waals surface area contributed by atoms with Gasteiger partial charge in [-0.3, -0.25) is 19.3 Å². The lowest BCUT2D eigenvalue weighted by molar-refractivity contribution is 0.0927. The van der Waals surface area contributed by atoms with Gasteiger partial charge >= 0.3 is 0 Å². The molecule has 1 aromatic carbocycles. The molecule has 11 heteroatoms. The molecule has 0 aliphatic heterocycles. The summed E-state index contributed by atoms with van der Waals surface area (Å²) in [7, 11) is -3.41. The van der Waals surface area contributed by atoms with Crippen molar-refractivity contribution in [2.45, 2.75) is 0 Å². The quantitative estimate of drug-likeness (QED) is 0.494. The minimum atomic E-state index is -3.41. The van der Waals surface area contributed by atoms with Crippen molar-refractivity contribution in [3.63, 3.8) is 0 Å². The van der Waals surface area contributed by atoms with Gasteiger partial charge in [0.1, 0.15) is 0 Å². The first-order valence-corrected chi connectivity index (χ1v) is 10.9. The van der Waals surface area contributed by atoms with Crippen LogP contribution in [0.1, 0.15) is 20.7 Å². The van der Waals surface area contributed by atoms with Gasteiger partial charge in [-0.15, -0.1) is 0 Å². The molecule has 3 N–H and O–H groups in total. The molecule has 2 amide bonds.